The predicted molar refractivity (Wildman–Crippen MR) is 87.5 cm³/mol. The van der Waals surface area contributed by atoms with E-state index in [0.717, 1.165) is 6.07 Å². The van der Waals surface area contributed by atoms with Crippen LogP contribution in [0.15, 0.2) is 35.4 Å². The van der Waals surface area contributed by atoms with Gasteiger partial charge >= 0.3 is 0 Å². The van der Waals surface area contributed by atoms with Crippen molar-refractivity contribution >= 4 is 22.5 Å². The standard InChI is InChI=1S/C16H16FN5O2/c1-9(2)22-8-11(7-18-22)19-16(24)14-15(23)12-6-10(17)4-5-13(12)21(3)20-14/h4-9H,1-3H3,(H,19,24). The molecular formula is C16H16FN5O2. The van der Waals surface area contributed by atoms with Gasteiger partial charge in [0.25, 0.3) is 5.91 Å². The molecular weight excluding hydrogens is 313 g/mol. The van der Waals surface area contributed by atoms with Gasteiger partial charge in [-0.15, -0.1) is 0 Å². The number of carbonyl (C=O) groups excluding carboxylic acids is 1. The zero-order valence-electron chi connectivity index (χ0n) is 13.4. The highest BCUT2D eigenvalue weighted by molar-refractivity contribution is 6.04. The van der Waals surface area contributed by atoms with Gasteiger partial charge in [0.1, 0.15) is 5.82 Å². The summed E-state index contributed by atoms with van der Waals surface area (Å²) in [7, 11) is 1.59. The van der Waals surface area contributed by atoms with Crippen LogP contribution in [0.1, 0.15) is 30.4 Å². The molecule has 0 aliphatic carbocycles. The lowest BCUT2D eigenvalue weighted by atomic mass is 10.2. The van der Waals surface area contributed by atoms with Crippen LogP contribution in [0.5, 0.6) is 0 Å². The highest BCUT2D eigenvalue weighted by Crippen LogP contribution is 2.13. The summed E-state index contributed by atoms with van der Waals surface area (Å²) in [4.78, 5) is 24.8. The summed E-state index contributed by atoms with van der Waals surface area (Å²) < 4.78 is 16.5. The molecule has 0 saturated carbocycles. The second kappa shape index (κ2) is 5.88. The number of hydrogen-bond acceptors (Lipinski definition) is 4. The molecule has 1 amide bonds. The molecule has 24 heavy (non-hydrogen) atoms. The molecule has 3 aromatic rings. The fraction of sp³-hybridized carbons (Fsp3) is 0.250. The molecule has 0 fully saturated rings. The summed E-state index contributed by atoms with van der Waals surface area (Å²) in [5, 5.41) is 10.8. The summed E-state index contributed by atoms with van der Waals surface area (Å²) in [5.74, 6) is -1.21. The maximum atomic E-state index is 13.4. The molecule has 8 heteroatoms. The Morgan fingerprint density at radius 1 is 1.33 bits per heavy atom. The SMILES string of the molecule is CC(C)n1cc(NC(=O)c2nn(C)c3ccc(F)cc3c2=O)cn1. The first-order valence-corrected chi connectivity index (χ1v) is 7.39. The van der Waals surface area contributed by atoms with E-state index in [1.807, 2.05) is 13.8 Å². The second-order valence-corrected chi connectivity index (χ2v) is 5.72. The van der Waals surface area contributed by atoms with Crippen LogP contribution in [-0.2, 0) is 7.05 Å². The number of rotatable bonds is 3. The van der Waals surface area contributed by atoms with Crippen molar-refractivity contribution in [3.63, 3.8) is 0 Å². The highest BCUT2D eigenvalue weighted by atomic mass is 19.1. The number of halogens is 1. The van der Waals surface area contributed by atoms with Crippen LogP contribution < -0.4 is 10.7 Å². The quantitative estimate of drug-likeness (QED) is 0.798. The van der Waals surface area contributed by atoms with Crippen LogP contribution in [0.25, 0.3) is 10.9 Å². The lowest BCUT2D eigenvalue weighted by Crippen LogP contribution is -2.26. The topological polar surface area (TPSA) is 81.8 Å². The van der Waals surface area contributed by atoms with E-state index in [1.54, 1.807) is 17.9 Å². The molecule has 0 saturated heterocycles. The maximum absolute atomic E-state index is 13.4. The fourth-order valence-corrected chi connectivity index (χ4v) is 2.37. The number of aromatic nitrogens is 4. The molecule has 0 bridgehead atoms. The van der Waals surface area contributed by atoms with Crippen LogP contribution >= 0.6 is 0 Å². The third kappa shape index (κ3) is 2.78. The van der Waals surface area contributed by atoms with Crippen molar-refractivity contribution in [2.45, 2.75) is 19.9 Å². The Balaban J connectivity index is 2.00. The van der Waals surface area contributed by atoms with Crippen LogP contribution in [0.4, 0.5) is 10.1 Å². The van der Waals surface area contributed by atoms with Crippen LogP contribution in [0.2, 0.25) is 0 Å². The molecule has 0 aliphatic heterocycles. The summed E-state index contributed by atoms with van der Waals surface area (Å²) in [6.07, 6.45) is 3.15. The smallest absolute Gasteiger partial charge is 0.280 e. The number of nitrogens with one attached hydrogen (secondary N) is 1. The van der Waals surface area contributed by atoms with Crippen molar-refractivity contribution in [2.75, 3.05) is 5.32 Å². The number of fused-ring (bicyclic) bond motifs is 1. The van der Waals surface area contributed by atoms with Crippen LogP contribution in [-0.4, -0.2) is 25.5 Å². The second-order valence-electron chi connectivity index (χ2n) is 5.72. The third-order valence-corrected chi connectivity index (χ3v) is 3.62. The van der Waals surface area contributed by atoms with Crippen molar-refractivity contribution < 1.29 is 9.18 Å². The van der Waals surface area contributed by atoms with Crippen molar-refractivity contribution in [1.29, 1.82) is 0 Å². The molecule has 2 heterocycles. The van der Waals surface area contributed by atoms with Crippen molar-refractivity contribution in [2.24, 2.45) is 7.05 Å². The number of nitrogens with zero attached hydrogens (tertiary/aromatic N) is 4. The molecule has 1 aromatic carbocycles. The number of benzene rings is 1. The van der Waals surface area contributed by atoms with Gasteiger partial charge in [-0.2, -0.15) is 10.2 Å². The van der Waals surface area contributed by atoms with E-state index < -0.39 is 17.2 Å². The Morgan fingerprint density at radius 3 is 2.75 bits per heavy atom. The molecule has 0 atom stereocenters. The van der Waals surface area contributed by atoms with Gasteiger partial charge in [0, 0.05) is 19.3 Å². The van der Waals surface area contributed by atoms with Crippen molar-refractivity contribution in [1.82, 2.24) is 19.6 Å². The molecule has 0 radical (unpaired) electrons. The summed E-state index contributed by atoms with van der Waals surface area (Å²) in [6.45, 7) is 3.90. The van der Waals surface area contributed by atoms with E-state index in [-0.39, 0.29) is 17.1 Å². The average molecular weight is 329 g/mol. The first kappa shape index (κ1) is 15.9. The molecule has 0 unspecified atom stereocenters. The van der Waals surface area contributed by atoms with E-state index in [4.69, 9.17) is 0 Å². The largest absolute Gasteiger partial charge is 0.318 e. The van der Waals surface area contributed by atoms with Gasteiger partial charge < -0.3 is 5.32 Å². The van der Waals surface area contributed by atoms with Crippen molar-refractivity contribution in [3.8, 4) is 0 Å². The average Bonchev–Trinajstić information content (AvgIpc) is 2.99. The van der Waals surface area contributed by atoms with Gasteiger partial charge in [-0.05, 0) is 32.0 Å². The summed E-state index contributed by atoms with van der Waals surface area (Å²) in [6, 6.07) is 3.94. The lowest BCUT2D eigenvalue weighted by molar-refractivity contribution is 0.101. The number of aryl methyl sites for hydroxylation is 1. The maximum Gasteiger partial charge on any atom is 0.280 e. The van der Waals surface area contributed by atoms with E-state index in [0.29, 0.717) is 11.2 Å². The third-order valence-electron chi connectivity index (χ3n) is 3.62. The normalized spacial score (nSPS) is 11.2. The first-order chi connectivity index (χ1) is 11.4. The molecule has 0 spiro atoms. The number of carbonyl (C=O) groups is 1. The lowest BCUT2D eigenvalue weighted by Gasteiger charge is -2.08. The zero-order valence-corrected chi connectivity index (χ0v) is 13.4. The Morgan fingerprint density at radius 2 is 2.08 bits per heavy atom. The highest BCUT2D eigenvalue weighted by Gasteiger charge is 2.18. The molecule has 7 nitrogen and oxygen atoms in total. The van der Waals surface area contributed by atoms with Gasteiger partial charge in [0.15, 0.2) is 5.69 Å². The van der Waals surface area contributed by atoms with Gasteiger partial charge in [-0.1, -0.05) is 0 Å². The monoisotopic (exact) mass is 329 g/mol. The van der Waals surface area contributed by atoms with Crippen LogP contribution in [0, 0.1) is 5.82 Å². The zero-order chi connectivity index (χ0) is 17.4. The molecule has 3 rings (SSSR count). The molecule has 2 aromatic heterocycles. The van der Waals surface area contributed by atoms with Gasteiger partial charge in [-0.3, -0.25) is 19.0 Å². The first-order valence-electron chi connectivity index (χ1n) is 7.39. The van der Waals surface area contributed by atoms with Crippen molar-refractivity contribution in [3.05, 3.63) is 52.3 Å². The van der Waals surface area contributed by atoms with E-state index >= 15 is 0 Å². The minimum absolute atomic E-state index is 0.107. The predicted octanol–water partition coefficient (Wildman–Crippen LogP) is 2.10. The van der Waals surface area contributed by atoms with E-state index in [1.165, 1.54) is 23.0 Å². The fourth-order valence-electron chi connectivity index (χ4n) is 2.37. The Hall–Kier alpha value is -3.03. The minimum atomic E-state index is -0.662. The summed E-state index contributed by atoms with van der Waals surface area (Å²) in [5.41, 5.74) is -0.00767. The van der Waals surface area contributed by atoms with E-state index in [2.05, 4.69) is 15.5 Å². The Bertz CT molecular complexity index is 990. The molecule has 1 N–H and O–H groups in total. The van der Waals surface area contributed by atoms with Gasteiger partial charge in [0.2, 0.25) is 5.43 Å². The van der Waals surface area contributed by atoms with Gasteiger partial charge in [-0.25, -0.2) is 4.39 Å². The number of hydrogen-bond donors (Lipinski definition) is 1. The Labute approximate surface area is 136 Å². The molecule has 124 valence electrons. The van der Waals surface area contributed by atoms with Crippen LogP contribution in [0.3, 0.4) is 0 Å². The summed E-state index contributed by atoms with van der Waals surface area (Å²) >= 11 is 0. The molecule has 0 aliphatic rings. The van der Waals surface area contributed by atoms with Gasteiger partial charge in [0.05, 0.1) is 22.8 Å². The number of anilines is 1. The van der Waals surface area contributed by atoms with E-state index in [9.17, 15) is 14.0 Å². The Kier molecular flexibility index (Phi) is 3.88. The number of amides is 1. The minimum Gasteiger partial charge on any atom is -0.318 e.